The van der Waals surface area contributed by atoms with Crippen molar-refractivity contribution < 1.29 is 9.59 Å². The molecule has 0 unspecified atom stereocenters. The van der Waals surface area contributed by atoms with E-state index in [-0.39, 0.29) is 11.9 Å². The summed E-state index contributed by atoms with van der Waals surface area (Å²) in [6.07, 6.45) is 0.311. The molecule has 2 N–H and O–H groups in total. The van der Waals surface area contributed by atoms with Crippen LogP contribution < -0.4 is 15.5 Å². The van der Waals surface area contributed by atoms with Crippen LogP contribution in [0.15, 0.2) is 54.6 Å². The number of rotatable bonds is 6. The molecule has 0 aliphatic carbocycles. The number of para-hydroxylation sites is 1. The molecule has 2 rings (SSSR count). The molecule has 0 saturated carbocycles. The first-order valence-electron chi connectivity index (χ1n) is 8.41. The highest BCUT2D eigenvalue weighted by atomic mass is 16.2. The summed E-state index contributed by atoms with van der Waals surface area (Å²) >= 11 is 0. The van der Waals surface area contributed by atoms with Crippen molar-refractivity contribution in [1.82, 2.24) is 5.32 Å². The Hall–Kier alpha value is -2.82. The molecule has 0 fully saturated rings. The average molecular weight is 339 g/mol. The van der Waals surface area contributed by atoms with Crippen molar-refractivity contribution in [3.05, 3.63) is 60.2 Å². The van der Waals surface area contributed by atoms with E-state index in [0.717, 1.165) is 11.3 Å². The molecule has 0 bridgehead atoms. The molecule has 5 heteroatoms. The lowest BCUT2D eigenvalue weighted by Crippen LogP contribution is -2.31. The molecule has 0 heterocycles. The van der Waals surface area contributed by atoms with E-state index in [1.807, 2.05) is 56.3 Å². The molecule has 0 spiro atoms. The molecule has 0 aromatic heterocycles. The minimum Gasteiger partial charge on any atom is -0.338 e. The van der Waals surface area contributed by atoms with Crippen molar-refractivity contribution >= 4 is 23.3 Å². The van der Waals surface area contributed by atoms with Crippen LogP contribution in [0.2, 0.25) is 0 Å². The second-order valence-electron chi connectivity index (χ2n) is 6.39. The van der Waals surface area contributed by atoms with E-state index in [1.165, 1.54) is 0 Å². The normalized spacial score (nSPS) is 10.4. The Morgan fingerprint density at radius 3 is 2.24 bits per heavy atom. The fourth-order valence-electron chi connectivity index (χ4n) is 2.27. The Morgan fingerprint density at radius 1 is 1.00 bits per heavy atom. The van der Waals surface area contributed by atoms with Crippen LogP contribution in [0.4, 0.5) is 16.2 Å². The summed E-state index contributed by atoms with van der Waals surface area (Å²) in [5.41, 5.74) is 2.47. The van der Waals surface area contributed by atoms with Crippen LogP contribution in [0.3, 0.4) is 0 Å². The zero-order valence-electron chi connectivity index (χ0n) is 15.0. The van der Waals surface area contributed by atoms with Gasteiger partial charge in [0.1, 0.15) is 0 Å². The van der Waals surface area contributed by atoms with E-state index in [4.69, 9.17) is 0 Å². The summed E-state index contributed by atoms with van der Waals surface area (Å²) in [7, 11) is 1.77. The lowest BCUT2D eigenvalue weighted by molar-refractivity contribution is -0.117. The lowest BCUT2D eigenvalue weighted by Gasteiger charge is -2.17. The van der Waals surface area contributed by atoms with E-state index < -0.39 is 0 Å². The number of nitrogens with one attached hydrogen (secondary N) is 2. The third kappa shape index (κ3) is 5.95. The van der Waals surface area contributed by atoms with Crippen molar-refractivity contribution in [2.75, 3.05) is 23.8 Å². The molecule has 25 heavy (non-hydrogen) atoms. The Kier molecular flexibility index (Phi) is 6.57. The Labute approximate surface area is 149 Å². The number of likely N-dealkylation sites (N-methyl/N-ethyl adjacent to an activating group) is 1. The fourth-order valence-corrected chi connectivity index (χ4v) is 2.27. The molecule has 132 valence electrons. The Balaban J connectivity index is 1.89. The topological polar surface area (TPSA) is 61.4 Å². The van der Waals surface area contributed by atoms with Gasteiger partial charge in [0.05, 0.1) is 6.42 Å². The summed E-state index contributed by atoms with van der Waals surface area (Å²) in [6, 6.07) is 16.6. The number of benzene rings is 2. The second-order valence-corrected chi connectivity index (χ2v) is 6.39. The first kappa shape index (κ1) is 18.5. The predicted octanol–water partition coefficient (Wildman–Crippen LogP) is 3.67. The summed E-state index contributed by atoms with van der Waals surface area (Å²) in [4.78, 5) is 25.8. The van der Waals surface area contributed by atoms with Crippen LogP contribution in [-0.4, -0.2) is 25.5 Å². The molecule has 2 aromatic rings. The maximum absolute atomic E-state index is 12.4. The standard InChI is InChI=1S/C20H25N3O2/c1-15(2)14-21-20(25)22-17-11-9-16(10-12-17)13-19(24)23(3)18-7-5-4-6-8-18/h4-12,15H,13-14H2,1-3H3,(H2,21,22,25). The van der Waals surface area contributed by atoms with Gasteiger partial charge in [-0.25, -0.2) is 4.79 Å². The van der Waals surface area contributed by atoms with Gasteiger partial charge >= 0.3 is 6.03 Å². The second kappa shape index (κ2) is 8.87. The van der Waals surface area contributed by atoms with Gasteiger partial charge in [0.25, 0.3) is 0 Å². The van der Waals surface area contributed by atoms with Crippen LogP contribution in [0.25, 0.3) is 0 Å². The van der Waals surface area contributed by atoms with Gasteiger partial charge in [-0.3, -0.25) is 4.79 Å². The van der Waals surface area contributed by atoms with Crippen LogP contribution in [0, 0.1) is 5.92 Å². The van der Waals surface area contributed by atoms with E-state index in [2.05, 4.69) is 10.6 Å². The number of hydrogen-bond acceptors (Lipinski definition) is 2. The van der Waals surface area contributed by atoms with Gasteiger partial charge in [0.15, 0.2) is 0 Å². The number of carbonyl (C=O) groups is 2. The third-order valence-electron chi connectivity index (χ3n) is 3.76. The van der Waals surface area contributed by atoms with Gasteiger partial charge in [0, 0.05) is 25.0 Å². The van der Waals surface area contributed by atoms with Gasteiger partial charge in [-0.05, 0) is 35.7 Å². The van der Waals surface area contributed by atoms with Crippen LogP contribution in [0.1, 0.15) is 19.4 Å². The molecule has 0 radical (unpaired) electrons. The van der Waals surface area contributed by atoms with Crippen LogP contribution in [-0.2, 0) is 11.2 Å². The monoisotopic (exact) mass is 339 g/mol. The molecule has 2 aromatic carbocycles. The molecule has 0 aliphatic rings. The van der Waals surface area contributed by atoms with Crippen molar-refractivity contribution in [3.8, 4) is 0 Å². The number of anilines is 2. The van der Waals surface area contributed by atoms with Crippen LogP contribution in [0.5, 0.6) is 0 Å². The molecule has 5 nitrogen and oxygen atoms in total. The molecule has 0 atom stereocenters. The smallest absolute Gasteiger partial charge is 0.319 e. The van der Waals surface area contributed by atoms with Crippen molar-refractivity contribution in [1.29, 1.82) is 0 Å². The summed E-state index contributed by atoms with van der Waals surface area (Å²) < 4.78 is 0. The van der Waals surface area contributed by atoms with Gasteiger partial charge in [-0.2, -0.15) is 0 Å². The summed E-state index contributed by atoms with van der Waals surface area (Å²) in [5, 5.41) is 5.58. The Morgan fingerprint density at radius 2 is 1.64 bits per heavy atom. The molecular weight excluding hydrogens is 314 g/mol. The van der Waals surface area contributed by atoms with E-state index in [9.17, 15) is 9.59 Å². The van der Waals surface area contributed by atoms with E-state index >= 15 is 0 Å². The maximum Gasteiger partial charge on any atom is 0.319 e. The molecular formula is C20H25N3O2. The zero-order valence-corrected chi connectivity index (χ0v) is 15.0. The predicted molar refractivity (Wildman–Crippen MR) is 102 cm³/mol. The Bertz CT molecular complexity index is 697. The van der Waals surface area contributed by atoms with Gasteiger partial charge in [0.2, 0.25) is 5.91 Å². The van der Waals surface area contributed by atoms with Gasteiger partial charge in [-0.1, -0.05) is 44.2 Å². The van der Waals surface area contributed by atoms with Crippen LogP contribution >= 0.6 is 0 Å². The highest BCUT2D eigenvalue weighted by molar-refractivity contribution is 5.94. The summed E-state index contributed by atoms with van der Waals surface area (Å²) in [5.74, 6) is 0.419. The molecule has 0 aliphatic heterocycles. The van der Waals surface area contributed by atoms with Crippen molar-refractivity contribution in [2.45, 2.75) is 20.3 Å². The van der Waals surface area contributed by atoms with E-state index in [0.29, 0.717) is 24.6 Å². The van der Waals surface area contributed by atoms with Crippen molar-refractivity contribution in [2.24, 2.45) is 5.92 Å². The quantitative estimate of drug-likeness (QED) is 0.843. The minimum absolute atomic E-state index is 0.0154. The van der Waals surface area contributed by atoms with Gasteiger partial charge < -0.3 is 15.5 Å². The first-order chi connectivity index (χ1) is 12.0. The molecule has 3 amide bonds. The maximum atomic E-state index is 12.4. The zero-order chi connectivity index (χ0) is 18.2. The van der Waals surface area contributed by atoms with Crippen molar-refractivity contribution in [3.63, 3.8) is 0 Å². The number of carbonyl (C=O) groups excluding carboxylic acids is 2. The number of urea groups is 1. The third-order valence-corrected chi connectivity index (χ3v) is 3.76. The minimum atomic E-state index is -0.221. The molecule has 0 saturated heterocycles. The lowest BCUT2D eigenvalue weighted by atomic mass is 10.1. The van der Waals surface area contributed by atoms with Gasteiger partial charge in [-0.15, -0.1) is 0 Å². The highest BCUT2D eigenvalue weighted by Gasteiger charge is 2.11. The highest BCUT2D eigenvalue weighted by Crippen LogP contribution is 2.15. The number of nitrogens with zero attached hydrogens (tertiary/aromatic N) is 1. The van der Waals surface area contributed by atoms with E-state index in [1.54, 1.807) is 24.1 Å². The summed E-state index contributed by atoms with van der Waals surface area (Å²) in [6.45, 7) is 4.71. The largest absolute Gasteiger partial charge is 0.338 e. The first-order valence-corrected chi connectivity index (χ1v) is 8.41. The number of hydrogen-bond donors (Lipinski definition) is 2. The number of amides is 3. The fraction of sp³-hybridized carbons (Fsp3) is 0.300. The SMILES string of the molecule is CC(C)CNC(=O)Nc1ccc(CC(=O)N(C)c2ccccc2)cc1. The average Bonchev–Trinajstić information content (AvgIpc) is 2.61.